The molecule has 0 radical (unpaired) electrons. The number of methoxy groups -OCH3 is 1. The molecule has 2 aliphatic heterocycles. The summed E-state index contributed by atoms with van der Waals surface area (Å²) in [4.78, 5) is 26.6. The van der Waals surface area contributed by atoms with Crippen LogP contribution in [0.2, 0.25) is 0 Å². The maximum atomic E-state index is 12.8. The molecule has 0 unspecified atom stereocenters. The van der Waals surface area contributed by atoms with E-state index in [4.69, 9.17) is 24.2 Å². The van der Waals surface area contributed by atoms with E-state index in [1.807, 2.05) is 39.0 Å². The van der Waals surface area contributed by atoms with Gasteiger partial charge in [0.15, 0.2) is 5.82 Å². The molecule has 2 aliphatic rings. The number of anilines is 1. The summed E-state index contributed by atoms with van der Waals surface area (Å²) < 4.78 is 16.6. The van der Waals surface area contributed by atoms with E-state index < -0.39 is 5.60 Å². The minimum absolute atomic E-state index is 0.151. The number of benzene rings is 1. The van der Waals surface area contributed by atoms with Crippen molar-refractivity contribution in [2.75, 3.05) is 38.3 Å². The molecule has 0 spiro atoms. The largest absolute Gasteiger partial charge is 0.496 e. The Morgan fingerprint density at radius 1 is 1.26 bits per heavy atom. The zero-order valence-electron chi connectivity index (χ0n) is 20.6. The highest BCUT2D eigenvalue weighted by molar-refractivity contribution is 5.70. The highest BCUT2D eigenvalue weighted by Crippen LogP contribution is 2.33. The molecule has 184 valence electrons. The van der Waals surface area contributed by atoms with Gasteiger partial charge in [0.05, 0.1) is 45.2 Å². The normalized spacial score (nSPS) is 18.5. The number of fused-ring (bicyclic) bond motifs is 1. The minimum atomic E-state index is -0.563. The van der Waals surface area contributed by atoms with Crippen LogP contribution in [0.4, 0.5) is 10.6 Å². The lowest BCUT2D eigenvalue weighted by Gasteiger charge is -2.38. The fourth-order valence-corrected chi connectivity index (χ4v) is 4.34. The maximum absolute atomic E-state index is 12.8. The zero-order valence-corrected chi connectivity index (χ0v) is 20.6. The predicted molar refractivity (Wildman–Crippen MR) is 128 cm³/mol. The lowest BCUT2D eigenvalue weighted by atomic mass is 10.0. The van der Waals surface area contributed by atoms with Gasteiger partial charge in [-0.2, -0.15) is 0 Å². The number of carbonyl (C=O) groups excluding carboxylic acids is 1. The molecular formula is C25H34N4O5. The minimum Gasteiger partial charge on any atom is -0.496 e. The van der Waals surface area contributed by atoms with Crippen molar-refractivity contribution in [1.82, 2.24) is 14.9 Å². The predicted octanol–water partition coefficient (Wildman–Crippen LogP) is 3.16. The number of amides is 1. The SMILES string of the molecule is COc1ccc(-c2nc3c(c(N4CCOC[C@@H]4C)n2)CCN(C(=O)OC(C)(C)C)C3)cc1CO. The van der Waals surface area contributed by atoms with Crippen LogP contribution < -0.4 is 9.64 Å². The van der Waals surface area contributed by atoms with Crippen LogP contribution in [0.25, 0.3) is 11.4 Å². The Labute approximate surface area is 200 Å². The monoisotopic (exact) mass is 470 g/mol. The smallest absolute Gasteiger partial charge is 0.410 e. The molecule has 1 fully saturated rings. The van der Waals surface area contributed by atoms with E-state index in [0.29, 0.717) is 49.9 Å². The van der Waals surface area contributed by atoms with E-state index in [2.05, 4.69) is 11.8 Å². The second-order valence-electron chi connectivity index (χ2n) is 9.75. The molecule has 34 heavy (non-hydrogen) atoms. The second kappa shape index (κ2) is 9.76. The number of aliphatic hydroxyl groups is 1. The number of hydrogen-bond acceptors (Lipinski definition) is 8. The summed E-state index contributed by atoms with van der Waals surface area (Å²) in [5.74, 6) is 2.05. The molecule has 1 saturated heterocycles. The van der Waals surface area contributed by atoms with E-state index in [1.54, 1.807) is 12.0 Å². The molecule has 1 aromatic carbocycles. The number of rotatable bonds is 4. The first kappa shape index (κ1) is 24.2. The van der Waals surface area contributed by atoms with Gasteiger partial charge < -0.3 is 29.1 Å². The van der Waals surface area contributed by atoms with Gasteiger partial charge in [0.25, 0.3) is 0 Å². The summed E-state index contributed by atoms with van der Waals surface area (Å²) in [6.45, 7) is 10.5. The Kier molecular flexibility index (Phi) is 6.95. The highest BCUT2D eigenvalue weighted by Gasteiger charge is 2.32. The number of nitrogens with zero attached hydrogens (tertiary/aromatic N) is 4. The quantitative estimate of drug-likeness (QED) is 0.728. The number of hydrogen-bond donors (Lipinski definition) is 1. The van der Waals surface area contributed by atoms with Crippen molar-refractivity contribution < 1.29 is 24.1 Å². The van der Waals surface area contributed by atoms with Crippen LogP contribution in [0.1, 0.15) is 44.5 Å². The Morgan fingerprint density at radius 3 is 2.74 bits per heavy atom. The fraction of sp³-hybridized carbons (Fsp3) is 0.560. The first-order chi connectivity index (χ1) is 16.2. The van der Waals surface area contributed by atoms with Gasteiger partial charge in [-0.05, 0) is 52.3 Å². The fourth-order valence-electron chi connectivity index (χ4n) is 4.34. The number of ether oxygens (including phenoxy) is 3. The third-order valence-corrected chi connectivity index (χ3v) is 6.04. The molecule has 0 bridgehead atoms. The van der Waals surface area contributed by atoms with Crippen molar-refractivity contribution in [3.8, 4) is 17.1 Å². The van der Waals surface area contributed by atoms with Crippen molar-refractivity contribution in [2.24, 2.45) is 0 Å². The molecule has 3 heterocycles. The molecule has 0 saturated carbocycles. The summed E-state index contributed by atoms with van der Waals surface area (Å²) in [6.07, 6.45) is 0.310. The van der Waals surface area contributed by atoms with Crippen LogP contribution >= 0.6 is 0 Å². The summed E-state index contributed by atoms with van der Waals surface area (Å²) in [6, 6.07) is 5.73. The van der Waals surface area contributed by atoms with Gasteiger partial charge in [-0.1, -0.05) is 0 Å². The lowest BCUT2D eigenvalue weighted by Crippen LogP contribution is -2.46. The van der Waals surface area contributed by atoms with Crippen LogP contribution in [-0.2, 0) is 29.0 Å². The Balaban J connectivity index is 1.76. The summed E-state index contributed by atoms with van der Waals surface area (Å²) in [5.41, 5.74) is 2.76. The van der Waals surface area contributed by atoms with E-state index in [9.17, 15) is 9.90 Å². The Bertz CT molecular complexity index is 1050. The van der Waals surface area contributed by atoms with Gasteiger partial charge in [-0.25, -0.2) is 14.8 Å². The second-order valence-corrected chi connectivity index (χ2v) is 9.75. The highest BCUT2D eigenvalue weighted by atomic mass is 16.6. The van der Waals surface area contributed by atoms with E-state index in [1.165, 1.54) is 0 Å². The standard InChI is InChI=1S/C25H34N4O5/c1-16-15-33-11-10-29(16)23-19-8-9-28(24(31)34-25(2,3)4)13-20(19)26-22(27-23)17-6-7-21(32-5)18(12-17)14-30/h6-7,12,16,30H,8-11,13-15H2,1-5H3/t16-/m0/s1. The molecule has 4 rings (SSSR count). The van der Waals surface area contributed by atoms with Gasteiger partial charge in [0.2, 0.25) is 0 Å². The van der Waals surface area contributed by atoms with Crippen LogP contribution in [0, 0.1) is 0 Å². The molecule has 1 atom stereocenters. The number of carbonyl (C=O) groups is 1. The maximum Gasteiger partial charge on any atom is 0.410 e. The Hall–Kier alpha value is -2.91. The molecule has 1 amide bonds. The van der Waals surface area contributed by atoms with Crippen molar-refractivity contribution in [1.29, 1.82) is 0 Å². The van der Waals surface area contributed by atoms with Crippen LogP contribution in [-0.4, -0.2) is 71.1 Å². The molecule has 2 aromatic rings. The number of morpholine rings is 1. The first-order valence-corrected chi connectivity index (χ1v) is 11.7. The summed E-state index contributed by atoms with van der Waals surface area (Å²) >= 11 is 0. The van der Waals surface area contributed by atoms with Gasteiger partial charge in [0.1, 0.15) is 17.2 Å². The molecule has 9 heteroatoms. The van der Waals surface area contributed by atoms with E-state index >= 15 is 0 Å². The third kappa shape index (κ3) is 5.10. The molecule has 9 nitrogen and oxygen atoms in total. The Morgan fingerprint density at radius 2 is 2.06 bits per heavy atom. The average Bonchev–Trinajstić information content (AvgIpc) is 2.81. The third-order valence-electron chi connectivity index (χ3n) is 6.04. The van der Waals surface area contributed by atoms with E-state index in [0.717, 1.165) is 29.2 Å². The van der Waals surface area contributed by atoms with Gasteiger partial charge in [0, 0.05) is 29.8 Å². The lowest BCUT2D eigenvalue weighted by molar-refractivity contribution is 0.0220. The molecular weight excluding hydrogens is 436 g/mol. The topological polar surface area (TPSA) is 97.3 Å². The van der Waals surface area contributed by atoms with Crippen LogP contribution in [0.3, 0.4) is 0 Å². The zero-order chi connectivity index (χ0) is 24.5. The average molecular weight is 471 g/mol. The molecule has 1 N–H and O–H groups in total. The van der Waals surface area contributed by atoms with Gasteiger partial charge in [-0.3, -0.25) is 0 Å². The molecule has 1 aromatic heterocycles. The number of aromatic nitrogens is 2. The first-order valence-electron chi connectivity index (χ1n) is 11.7. The van der Waals surface area contributed by atoms with Gasteiger partial charge in [-0.15, -0.1) is 0 Å². The number of aliphatic hydroxyl groups excluding tert-OH is 1. The van der Waals surface area contributed by atoms with Crippen LogP contribution in [0.15, 0.2) is 18.2 Å². The van der Waals surface area contributed by atoms with Crippen molar-refractivity contribution in [2.45, 2.75) is 58.9 Å². The van der Waals surface area contributed by atoms with Gasteiger partial charge >= 0.3 is 6.09 Å². The van der Waals surface area contributed by atoms with Crippen LogP contribution in [0.5, 0.6) is 5.75 Å². The summed E-state index contributed by atoms with van der Waals surface area (Å²) in [5, 5.41) is 9.79. The van der Waals surface area contributed by atoms with E-state index in [-0.39, 0.29) is 18.7 Å². The summed E-state index contributed by atoms with van der Waals surface area (Å²) in [7, 11) is 1.58. The van der Waals surface area contributed by atoms with Crippen molar-refractivity contribution in [3.05, 3.63) is 35.0 Å². The van der Waals surface area contributed by atoms with Crippen molar-refractivity contribution >= 4 is 11.9 Å². The molecule has 0 aliphatic carbocycles. The van der Waals surface area contributed by atoms with Crippen molar-refractivity contribution in [3.63, 3.8) is 0 Å².